The van der Waals surface area contributed by atoms with Crippen molar-refractivity contribution in [1.29, 1.82) is 0 Å². The van der Waals surface area contributed by atoms with Crippen molar-refractivity contribution in [3.63, 3.8) is 0 Å². The molecule has 2 aromatic carbocycles. The zero-order chi connectivity index (χ0) is 20.6. The van der Waals surface area contributed by atoms with Gasteiger partial charge in [-0.25, -0.2) is 9.07 Å². The Labute approximate surface area is 193 Å². The molecule has 0 saturated heterocycles. The molecule has 160 valence electrons. The van der Waals surface area contributed by atoms with Crippen LogP contribution in [0.4, 0.5) is 4.39 Å². The summed E-state index contributed by atoms with van der Waals surface area (Å²) >= 11 is 0. The molecule has 0 radical (unpaired) electrons. The SMILES string of the molecule is CN=C(NCC(OC)c1ccc(F)cc1)NC(C)c1cccc(-n2cccn2)c1.I. The van der Waals surface area contributed by atoms with Gasteiger partial charge in [0.15, 0.2) is 5.96 Å². The van der Waals surface area contributed by atoms with Crippen molar-refractivity contribution in [2.24, 2.45) is 4.99 Å². The third kappa shape index (κ3) is 6.27. The number of hydrogen-bond acceptors (Lipinski definition) is 3. The molecule has 0 bridgehead atoms. The average Bonchev–Trinajstić information content (AvgIpc) is 3.29. The smallest absolute Gasteiger partial charge is 0.191 e. The van der Waals surface area contributed by atoms with E-state index >= 15 is 0 Å². The van der Waals surface area contributed by atoms with Crippen LogP contribution in [0.2, 0.25) is 0 Å². The van der Waals surface area contributed by atoms with Crippen LogP contribution >= 0.6 is 24.0 Å². The van der Waals surface area contributed by atoms with E-state index in [4.69, 9.17) is 4.74 Å². The Hall–Kier alpha value is -2.46. The number of methoxy groups -OCH3 is 1. The molecule has 2 atom stereocenters. The lowest BCUT2D eigenvalue weighted by Crippen LogP contribution is -2.40. The van der Waals surface area contributed by atoms with Crippen LogP contribution in [0.15, 0.2) is 72.0 Å². The quantitative estimate of drug-likeness (QED) is 0.276. The lowest BCUT2D eigenvalue weighted by atomic mass is 10.1. The maximum absolute atomic E-state index is 13.2. The van der Waals surface area contributed by atoms with Gasteiger partial charge < -0.3 is 15.4 Å². The summed E-state index contributed by atoms with van der Waals surface area (Å²) in [4.78, 5) is 4.30. The minimum Gasteiger partial charge on any atom is -0.375 e. The summed E-state index contributed by atoms with van der Waals surface area (Å²) in [6.45, 7) is 2.57. The van der Waals surface area contributed by atoms with Gasteiger partial charge in [-0.05, 0) is 48.4 Å². The Morgan fingerprint density at radius 1 is 1.17 bits per heavy atom. The number of hydrogen-bond donors (Lipinski definition) is 2. The molecule has 0 fully saturated rings. The van der Waals surface area contributed by atoms with Gasteiger partial charge in [-0.2, -0.15) is 5.10 Å². The first-order valence-electron chi connectivity index (χ1n) is 9.46. The Kier molecular flexibility index (Phi) is 9.25. The van der Waals surface area contributed by atoms with Crippen LogP contribution in [-0.4, -0.2) is 36.4 Å². The number of nitrogens with one attached hydrogen (secondary N) is 2. The van der Waals surface area contributed by atoms with E-state index in [1.54, 1.807) is 32.5 Å². The van der Waals surface area contributed by atoms with Crippen molar-refractivity contribution in [3.05, 3.63) is 83.9 Å². The molecule has 3 rings (SSSR count). The molecule has 8 heteroatoms. The van der Waals surface area contributed by atoms with Gasteiger partial charge in [0.1, 0.15) is 5.82 Å². The summed E-state index contributed by atoms with van der Waals surface area (Å²) in [7, 11) is 3.36. The van der Waals surface area contributed by atoms with Crippen molar-refractivity contribution in [1.82, 2.24) is 20.4 Å². The Bertz CT molecular complexity index is 931. The van der Waals surface area contributed by atoms with Gasteiger partial charge in [0, 0.05) is 33.1 Å². The van der Waals surface area contributed by atoms with Crippen LogP contribution in [0.25, 0.3) is 5.69 Å². The first-order chi connectivity index (χ1) is 14.1. The fourth-order valence-electron chi connectivity index (χ4n) is 3.05. The van der Waals surface area contributed by atoms with Gasteiger partial charge >= 0.3 is 0 Å². The molecule has 2 N–H and O–H groups in total. The van der Waals surface area contributed by atoms with Crippen LogP contribution in [0.1, 0.15) is 30.2 Å². The standard InChI is InChI=1S/C22H26FN5O.HI/c1-16(18-6-4-7-20(14-18)28-13-5-12-26-28)27-22(24-2)25-15-21(29-3)17-8-10-19(23)11-9-17;/h4-14,16,21H,15H2,1-3H3,(H2,24,25,27);1H. The minimum atomic E-state index is -0.264. The number of benzene rings is 2. The first kappa shape index (κ1) is 23.8. The van der Waals surface area contributed by atoms with Crippen molar-refractivity contribution < 1.29 is 9.13 Å². The van der Waals surface area contributed by atoms with Gasteiger partial charge in [-0.1, -0.05) is 24.3 Å². The molecule has 0 aliphatic carbocycles. The molecule has 6 nitrogen and oxygen atoms in total. The van der Waals surface area contributed by atoms with E-state index in [1.807, 2.05) is 29.1 Å². The van der Waals surface area contributed by atoms with Crippen molar-refractivity contribution >= 4 is 29.9 Å². The maximum Gasteiger partial charge on any atom is 0.191 e. The van der Waals surface area contributed by atoms with E-state index in [0.717, 1.165) is 16.8 Å². The first-order valence-corrected chi connectivity index (χ1v) is 9.46. The summed E-state index contributed by atoms with van der Waals surface area (Å²) < 4.78 is 20.5. The third-order valence-electron chi connectivity index (χ3n) is 4.70. The van der Waals surface area contributed by atoms with Crippen LogP contribution in [-0.2, 0) is 4.74 Å². The molecule has 0 aliphatic heterocycles. The minimum absolute atomic E-state index is 0. The highest BCUT2D eigenvalue weighted by molar-refractivity contribution is 14.0. The fraction of sp³-hybridized carbons (Fsp3) is 0.273. The molecule has 3 aromatic rings. The second-order valence-electron chi connectivity index (χ2n) is 6.64. The average molecular weight is 523 g/mol. The molecule has 2 unspecified atom stereocenters. The van der Waals surface area contributed by atoms with E-state index in [-0.39, 0.29) is 41.9 Å². The van der Waals surface area contributed by atoms with Gasteiger partial charge in [-0.15, -0.1) is 24.0 Å². The van der Waals surface area contributed by atoms with E-state index in [2.05, 4.69) is 39.8 Å². The largest absolute Gasteiger partial charge is 0.375 e. The predicted molar refractivity (Wildman–Crippen MR) is 128 cm³/mol. The third-order valence-corrected chi connectivity index (χ3v) is 4.70. The number of aromatic nitrogens is 2. The summed E-state index contributed by atoms with van der Waals surface area (Å²) in [6, 6.07) is 16.4. The van der Waals surface area contributed by atoms with Crippen LogP contribution < -0.4 is 10.6 Å². The summed E-state index contributed by atoms with van der Waals surface area (Å²) in [5, 5.41) is 10.9. The van der Waals surface area contributed by atoms with Gasteiger partial charge in [0.2, 0.25) is 0 Å². The zero-order valence-corrected chi connectivity index (χ0v) is 19.6. The predicted octanol–water partition coefficient (Wildman–Crippen LogP) is 4.24. The van der Waals surface area contributed by atoms with Gasteiger partial charge in [-0.3, -0.25) is 4.99 Å². The molecular formula is C22H27FIN5O. The normalized spacial score (nSPS) is 13.3. The highest BCUT2D eigenvalue weighted by Gasteiger charge is 2.13. The number of nitrogens with zero attached hydrogens (tertiary/aromatic N) is 3. The molecule has 1 heterocycles. The highest BCUT2D eigenvalue weighted by Crippen LogP contribution is 2.18. The fourth-order valence-corrected chi connectivity index (χ4v) is 3.05. The molecule has 30 heavy (non-hydrogen) atoms. The topological polar surface area (TPSA) is 63.5 Å². The number of guanidine groups is 1. The summed E-state index contributed by atoms with van der Waals surface area (Å²) in [6.07, 6.45) is 3.46. The molecule has 0 spiro atoms. The number of rotatable bonds is 7. The van der Waals surface area contributed by atoms with E-state index in [9.17, 15) is 4.39 Å². The maximum atomic E-state index is 13.2. The monoisotopic (exact) mass is 523 g/mol. The van der Waals surface area contributed by atoms with Crippen molar-refractivity contribution in [2.75, 3.05) is 20.7 Å². The summed E-state index contributed by atoms with van der Waals surface area (Å²) in [5.74, 6) is 0.395. The Morgan fingerprint density at radius 2 is 1.93 bits per heavy atom. The van der Waals surface area contributed by atoms with E-state index in [0.29, 0.717) is 12.5 Å². The lowest BCUT2D eigenvalue weighted by molar-refractivity contribution is 0.106. The van der Waals surface area contributed by atoms with Crippen LogP contribution in [0.3, 0.4) is 0 Å². The van der Waals surface area contributed by atoms with Gasteiger partial charge in [0.05, 0.1) is 17.8 Å². The highest BCUT2D eigenvalue weighted by atomic mass is 127. The molecule has 0 saturated carbocycles. The van der Waals surface area contributed by atoms with Crippen LogP contribution in [0.5, 0.6) is 0 Å². The Morgan fingerprint density at radius 3 is 2.57 bits per heavy atom. The van der Waals surface area contributed by atoms with E-state index in [1.165, 1.54) is 12.1 Å². The van der Waals surface area contributed by atoms with Crippen LogP contribution in [0, 0.1) is 5.82 Å². The number of halogens is 2. The second kappa shape index (κ2) is 11.7. The van der Waals surface area contributed by atoms with E-state index < -0.39 is 0 Å². The molecule has 0 aliphatic rings. The van der Waals surface area contributed by atoms with Crippen molar-refractivity contribution in [3.8, 4) is 5.69 Å². The molecule has 1 aromatic heterocycles. The van der Waals surface area contributed by atoms with Crippen molar-refractivity contribution in [2.45, 2.75) is 19.1 Å². The van der Waals surface area contributed by atoms with Gasteiger partial charge in [0.25, 0.3) is 0 Å². The summed E-state index contributed by atoms with van der Waals surface area (Å²) in [5.41, 5.74) is 3.01. The Balaban J connectivity index is 0.00000320. The number of ether oxygens (including phenoxy) is 1. The molecular weight excluding hydrogens is 496 g/mol. The molecule has 0 amide bonds. The lowest BCUT2D eigenvalue weighted by Gasteiger charge is -2.22. The number of aliphatic imine (C=N–C) groups is 1. The zero-order valence-electron chi connectivity index (χ0n) is 17.2. The second-order valence-corrected chi connectivity index (χ2v) is 6.64.